The Morgan fingerprint density at radius 1 is 1.62 bits per heavy atom. The molecule has 0 aliphatic heterocycles. The van der Waals surface area contributed by atoms with E-state index in [2.05, 4.69) is 7.05 Å². The summed E-state index contributed by atoms with van der Waals surface area (Å²) >= 11 is 0. The Morgan fingerprint density at radius 2 is 2.00 bits per heavy atom. The van der Waals surface area contributed by atoms with Gasteiger partial charge >= 0.3 is 0 Å². The lowest BCUT2D eigenvalue weighted by Crippen LogP contribution is -2.28. The van der Waals surface area contributed by atoms with Crippen LogP contribution in [0.4, 0.5) is 0 Å². The van der Waals surface area contributed by atoms with Crippen molar-refractivity contribution in [1.29, 1.82) is 0 Å². The van der Waals surface area contributed by atoms with Crippen molar-refractivity contribution in [3.05, 3.63) is 7.05 Å². The molecule has 0 heterocycles. The predicted molar refractivity (Wildman–Crippen MR) is 33.0 cm³/mol. The molecule has 0 bridgehead atoms. The van der Waals surface area contributed by atoms with E-state index < -0.39 is 0 Å². The molecule has 0 aliphatic rings. The van der Waals surface area contributed by atoms with Gasteiger partial charge < -0.3 is 4.90 Å². The van der Waals surface area contributed by atoms with Gasteiger partial charge in [0.15, 0.2) is 0 Å². The Kier molecular flexibility index (Phi) is 2.52. The minimum absolute atomic E-state index is 0.0139. The van der Waals surface area contributed by atoms with Crippen LogP contribution in [-0.4, -0.2) is 16.8 Å². The van der Waals surface area contributed by atoms with Crippen LogP contribution < -0.4 is 0 Å². The standard InChI is InChI=1S/C6H12NO/c1-5(2)7(4)6(3)8/h5H,4H2,1-3H3. The smallest absolute Gasteiger partial charge is 0.219 e. The second-order valence-electron chi connectivity index (χ2n) is 2.08. The Morgan fingerprint density at radius 3 is 2.00 bits per heavy atom. The summed E-state index contributed by atoms with van der Waals surface area (Å²) in [7, 11) is 3.52. The lowest BCUT2D eigenvalue weighted by molar-refractivity contribution is -0.127. The molecule has 2 heteroatoms. The van der Waals surface area contributed by atoms with Gasteiger partial charge in [0.25, 0.3) is 0 Å². The molecule has 0 aromatic carbocycles. The van der Waals surface area contributed by atoms with Gasteiger partial charge in [0.05, 0.1) is 0 Å². The van der Waals surface area contributed by atoms with Crippen LogP contribution in [0.2, 0.25) is 0 Å². The fourth-order valence-electron chi connectivity index (χ4n) is 0.364. The van der Waals surface area contributed by atoms with Gasteiger partial charge in [-0.1, -0.05) is 0 Å². The van der Waals surface area contributed by atoms with E-state index in [1.165, 1.54) is 11.8 Å². The quantitative estimate of drug-likeness (QED) is 0.498. The number of rotatable bonds is 1. The van der Waals surface area contributed by atoms with Gasteiger partial charge in [-0.3, -0.25) is 4.79 Å². The van der Waals surface area contributed by atoms with E-state index in [9.17, 15) is 4.79 Å². The van der Waals surface area contributed by atoms with Gasteiger partial charge in [0.1, 0.15) is 0 Å². The summed E-state index contributed by atoms with van der Waals surface area (Å²) in [4.78, 5) is 11.9. The number of hydrogen-bond donors (Lipinski definition) is 0. The molecule has 0 N–H and O–H groups in total. The molecule has 0 spiro atoms. The first-order valence-corrected chi connectivity index (χ1v) is 2.66. The summed E-state index contributed by atoms with van der Waals surface area (Å²) in [6.07, 6.45) is 0. The highest BCUT2D eigenvalue weighted by molar-refractivity contribution is 5.73. The van der Waals surface area contributed by atoms with E-state index in [0.29, 0.717) is 0 Å². The fourth-order valence-corrected chi connectivity index (χ4v) is 0.364. The van der Waals surface area contributed by atoms with E-state index >= 15 is 0 Å². The van der Waals surface area contributed by atoms with Gasteiger partial charge in [-0.25, -0.2) is 0 Å². The van der Waals surface area contributed by atoms with Crippen molar-refractivity contribution in [2.24, 2.45) is 0 Å². The van der Waals surface area contributed by atoms with Crippen LogP contribution in [0, 0.1) is 7.05 Å². The summed E-state index contributed by atoms with van der Waals surface area (Å²) in [6, 6.07) is 0.215. The van der Waals surface area contributed by atoms with Gasteiger partial charge in [0, 0.05) is 20.0 Å². The molecule has 1 amide bonds. The molecule has 1 radical (unpaired) electrons. The topological polar surface area (TPSA) is 20.3 Å². The molecule has 0 saturated heterocycles. The molecule has 8 heavy (non-hydrogen) atoms. The van der Waals surface area contributed by atoms with Gasteiger partial charge in [-0.05, 0) is 13.8 Å². The zero-order chi connectivity index (χ0) is 6.73. The Bertz CT molecular complexity index is 88.5. The third kappa shape index (κ3) is 1.96. The molecule has 0 fully saturated rings. The molecule has 0 aromatic rings. The molecule has 47 valence electrons. The molecule has 0 rings (SSSR count). The third-order valence-electron chi connectivity index (χ3n) is 1.03. The Labute approximate surface area is 50.5 Å². The van der Waals surface area contributed by atoms with Crippen molar-refractivity contribution in [2.45, 2.75) is 26.8 Å². The third-order valence-corrected chi connectivity index (χ3v) is 1.03. The number of nitrogens with zero attached hydrogens (tertiary/aromatic N) is 1. The highest BCUT2D eigenvalue weighted by Crippen LogP contribution is 1.93. The second-order valence-corrected chi connectivity index (χ2v) is 2.08. The van der Waals surface area contributed by atoms with Gasteiger partial charge in [-0.2, -0.15) is 0 Å². The van der Waals surface area contributed by atoms with Crippen molar-refractivity contribution in [1.82, 2.24) is 4.90 Å². The predicted octanol–water partition coefficient (Wildman–Crippen LogP) is 1.03. The van der Waals surface area contributed by atoms with Crippen molar-refractivity contribution in [2.75, 3.05) is 0 Å². The van der Waals surface area contributed by atoms with Crippen molar-refractivity contribution in [3.8, 4) is 0 Å². The van der Waals surface area contributed by atoms with Crippen LogP contribution in [0.25, 0.3) is 0 Å². The highest BCUT2D eigenvalue weighted by atomic mass is 16.2. The summed E-state index contributed by atoms with van der Waals surface area (Å²) in [6.45, 7) is 5.36. The lowest BCUT2D eigenvalue weighted by atomic mass is 10.3. The van der Waals surface area contributed by atoms with E-state index in [-0.39, 0.29) is 11.9 Å². The first-order chi connectivity index (χ1) is 3.55. The normalized spacial score (nSPS) is 9.62. The maximum Gasteiger partial charge on any atom is 0.219 e. The molecule has 0 atom stereocenters. The Balaban J connectivity index is 3.64. The van der Waals surface area contributed by atoms with Crippen LogP contribution in [0.5, 0.6) is 0 Å². The van der Waals surface area contributed by atoms with E-state index in [4.69, 9.17) is 0 Å². The van der Waals surface area contributed by atoms with Gasteiger partial charge in [-0.15, -0.1) is 0 Å². The summed E-state index contributed by atoms with van der Waals surface area (Å²) in [5, 5.41) is 0. The zero-order valence-electron chi connectivity index (χ0n) is 5.64. The van der Waals surface area contributed by atoms with Crippen LogP contribution in [0.3, 0.4) is 0 Å². The molecule has 0 aliphatic carbocycles. The maximum absolute atomic E-state index is 10.4. The number of amides is 1. The van der Waals surface area contributed by atoms with Crippen LogP contribution in [0.15, 0.2) is 0 Å². The van der Waals surface area contributed by atoms with E-state index in [1.54, 1.807) is 0 Å². The fraction of sp³-hybridized carbons (Fsp3) is 0.667. The minimum atomic E-state index is 0.0139. The molecule has 0 saturated carbocycles. The lowest BCUT2D eigenvalue weighted by Gasteiger charge is -2.18. The molecule has 2 nitrogen and oxygen atoms in total. The van der Waals surface area contributed by atoms with Gasteiger partial charge in [0.2, 0.25) is 5.91 Å². The zero-order valence-corrected chi connectivity index (χ0v) is 5.64. The number of hydrogen-bond acceptors (Lipinski definition) is 1. The summed E-state index contributed by atoms with van der Waals surface area (Å²) < 4.78 is 0. The monoisotopic (exact) mass is 114 g/mol. The number of carbonyl (C=O) groups excluding carboxylic acids is 1. The Hall–Kier alpha value is -0.530. The first-order valence-electron chi connectivity index (χ1n) is 2.66. The molecule has 0 unspecified atom stereocenters. The highest BCUT2D eigenvalue weighted by Gasteiger charge is 2.04. The van der Waals surface area contributed by atoms with Crippen molar-refractivity contribution < 1.29 is 4.79 Å². The average molecular weight is 114 g/mol. The minimum Gasteiger partial charge on any atom is -0.339 e. The van der Waals surface area contributed by atoms with Crippen LogP contribution in [-0.2, 0) is 4.79 Å². The largest absolute Gasteiger partial charge is 0.339 e. The average Bonchev–Trinajstić information content (AvgIpc) is 1.64. The number of carbonyl (C=O) groups is 1. The molecular weight excluding hydrogens is 102 g/mol. The first kappa shape index (κ1) is 7.47. The van der Waals surface area contributed by atoms with Crippen molar-refractivity contribution in [3.63, 3.8) is 0 Å². The summed E-state index contributed by atoms with van der Waals surface area (Å²) in [5.74, 6) is 0.0139. The summed E-state index contributed by atoms with van der Waals surface area (Å²) in [5.41, 5.74) is 0. The van der Waals surface area contributed by atoms with Crippen LogP contribution >= 0.6 is 0 Å². The van der Waals surface area contributed by atoms with E-state index in [0.717, 1.165) is 0 Å². The molecule has 0 aromatic heterocycles. The van der Waals surface area contributed by atoms with Crippen LogP contribution in [0.1, 0.15) is 20.8 Å². The molecular formula is C6H12NO. The second kappa shape index (κ2) is 2.70. The SMILES string of the molecule is [CH2]N(C(C)=O)C(C)C. The maximum atomic E-state index is 10.4. The van der Waals surface area contributed by atoms with Crippen molar-refractivity contribution >= 4 is 5.91 Å². The van der Waals surface area contributed by atoms with E-state index in [1.807, 2.05) is 13.8 Å².